The molecule has 0 saturated carbocycles. The van der Waals surface area contributed by atoms with Crippen LogP contribution in [0.3, 0.4) is 0 Å². The lowest BCUT2D eigenvalue weighted by Gasteiger charge is -2.09. The first-order chi connectivity index (χ1) is 10.0. The summed E-state index contributed by atoms with van der Waals surface area (Å²) >= 11 is 9.12. The number of aromatic nitrogens is 2. The molecule has 0 radical (unpaired) electrons. The van der Waals surface area contributed by atoms with E-state index in [1.54, 1.807) is 24.5 Å². The number of fused-ring (bicyclic) bond motifs is 1. The fraction of sp³-hybridized carbons (Fsp3) is 0. The highest BCUT2D eigenvalue weighted by Crippen LogP contribution is 2.32. The molecule has 3 aromatic rings. The first kappa shape index (κ1) is 14.0. The van der Waals surface area contributed by atoms with Crippen molar-refractivity contribution in [2.45, 2.75) is 0 Å². The van der Waals surface area contributed by atoms with Crippen LogP contribution in [0.4, 0.5) is 10.1 Å². The van der Waals surface area contributed by atoms with Gasteiger partial charge in [-0.25, -0.2) is 9.37 Å². The van der Waals surface area contributed by atoms with Gasteiger partial charge in [0.2, 0.25) is 0 Å². The smallest absolute Gasteiger partial charge is 0.255 e. The molecular formula is C14H8BrClFN3O. The first-order valence-corrected chi connectivity index (χ1v) is 7.11. The summed E-state index contributed by atoms with van der Waals surface area (Å²) in [5, 5.41) is 2.78. The van der Waals surface area contributed by atoms with Crippen LogP contribution in [0.15, 0.2) is 41.1 Å². The number of anilines is 1. The molecule has 0 aliphatic carbocycles. The summed E-state index contributed by atoms with van der Waals surface area (Å²) in [5.74, 6) is -0.829. The number of hydrogen-bond donors (Lipinski definition) is 2. The minimum absolute atomic E-state index is 0.123. The van der Waals surface area contributed by atoms with E-state index >= 15 is 0 Å². The van der Waals surface area contributed by atoms with E-state index in [9.17, 15) is 9.18 Å². The highest BCUT2D eigenvalue weighted by atomic mass is 79.9. The second kappa shape index (κ2) is 5.46. The van der Waals surface area contributed by atoms with Crippen molar-refractivity contribution in [3.8, 4) is 0 Å². The summed E-state index contributed by atoms with van der Waals surface area (Å²) in [7, 11) is 0. The molecule has 0 aliphatic rings. The predicted octanol–water partition coefficient (Wildman–Crippen LogP) is 4.37. The molecule has 0 unspecified atom stereocenters. The monoisotopic (exact) mass is 367 g/mol. The Morgan fingerprint density at radius 1 is 1.33 bits per heavy atom. The molecule has 0 bridgehead atoms. The van der Waals surface area contributed by atoms with Crippen LogP contribution in [-0.2, 0) is 0 Å². The minimum atomic E-state index is -0.483. The number of benzene rings is 2. The normalized spacial score (nSPS) is 10.8. The fourth-order valence-electron chi connectivity index (χ4n) is 1.92. The molecule has 1 heterocycles. The van der Waals surface area contributed by atoms with Gasteiger partial charge >= 0.3 is 0 Å². The lowest BCUT2D eigenvalue weighted by atomic mass is 10.2. The van der Waals surface area contributed by atoms with Gasteiger partial charge in [-0.15, -0.1) is 0 Å². The summed E-state index contributed by atoms with van der Waals surface area (Å²) in [6, 6.07) is 7.45. The van der Waals surface area contributed by atoms with Crippen LogP contribution in [0.2, 0.25) is 5.02 Å². The van der Waals surface area contributed by atoms with Gasteiger partial charge in [-0.1, -0.05) is 11.6 Å². The molecule has 2 aromatic carbocycles. The maximum Gasteiger partial charge on any atom is 0.255 e. The average molecular weight is 369 g/mol. The summed E-state index contributed by atoms with van der Waals surface area (Å²) in [4.78, 5) is 19.3. The molecule has 0 spiro atoms. The van der Waals surface area contributed by atoms with Gasteiger partial charge in [-0.05, 0) is 46.3 Å². The molecule has 7 heteroatoms. The van der Waals surface area contributed by atoms with Gasteiger partial charge in [0, 0.05) is 10.0 Å². The molecule has 2 N–H and O–H groups in total. The molecule has 4 nitrogen and oxygen atoms in total. The second-order valence-electron chi connectivity index (χ2n) is 4.33. The Bertz CT molecular complexity index is 826. The number of carbonyl (C=O) groups is 1. The SMILES string of the molecule is O=C(Nc1c(Cl)cc(F)cc1Br)c1ccc2nc[nH]c2c1. The van der Waals surface area contributed by atoms with Crippen molar-refractivity contribution in [3.05, 3.63) is 57.5 Å². The molecule has 1 aromatic heterocycles. The Morgan fingerprint density at radius 3 is 2.90 bits per heavy atom. The number of H-pyrrole nitrogens is 1. The van der Waals surface area contributed by atoms with Crippen molar-refractivity contribution >= 4 is 50.2 Å². The van der Waals surface area contributed by atoms with E-state index in [2.05, 4.69) is 31.2 Å². The van der Waals surface area contributed by atoms with E-state index < -0.39 is 5.82 Å². The number of rotatable bonds is 2. The predicted molar refractivity (Wildman–Crippen MR) is 83.2 cm³/mol. The standard InChI is InChI=1S/C14H8BrClFN3O/c15-9-4-8(17)5-10(16)13(9)20-14(21)7-1-2-11-12(3-7)19-6-18-11/h1-6H,(H,18,19)(H,20,21). The van der Waals surface area contributed by atoms with Crippen molar-refractivity contribution in [1.82, 2.24) is 9.97 Å². The number of nitrogens with zero attached hydrogens (tertiary/aromatic N) is 1. The number of halogens is 3. The quantitative estimate of drug-likeness (QED) is 0.705. The summed E-state index contributed by atoms with van der Waals surface area (Å²) in [6.45, 7) is 0. The fourth-order valence-corrected chi connectivity index (χ4v) is 2.82. The number of carbonyl (C=O) groups excluding carboxylic acids is 1. The van der Waals surface area contributed by atoms with E-state index in [4.69, 9.17) is 11.6 Å². The number of imidazole rings is 1. The highest BCUT2D eigenvalue weighted by molar-refractivity contribution is 9.10. The van der Waals surface area contributed by atoms with Crippen molar-refractivity contribution in [2.75, 3.05) is 5.32 Å². The van der Waals surface area contributed by atoms with Gasteiger partial charge in [0.25, 0.3) is 5.91 Å². The maximum absolute atomic E-state index is 13.2. The van der Waals surface area contributed by atoms with Crippen molar-refractivity contribution in [2.24, 2.45) is 0 Å². The third-order valence-corrected chi connectivity index (χ3v) is 3.85. The Morgan fingerprint density at radius 2 is 2.14 bits per heavy atom. The molecule has 3 rings (SSSR count). The Hall–Kier alpha value is -1.92. The number of hydrogen-bond acceptors (Lipinski definition) is 2. The molecular weight excluding hydrogens is 361 g/mol. The Labute approximate surface area is 132 Å². The van der Waals surface area contributed by atoms with Gasteiger partial charge in [-0.2, -0.15) is 0 Å². The summed E-state index contributed by atoms with van der Waals surface area (Å²) < 4.78 is 13.5. The number of aromatic amines is 1. The maximum atomic E-state index is 13.2. The van der Waals surface area contributed by atoms with Crippen molar-refractivity contribution in [1.29, 1.82) is 0 Å². The van der Waals surface area contributed by atoms with Crippen molar-refractivity contribution in [3.63, 3.8) is 0 Å². The van der Waals surface area contributed by atoms with E-state index in [1.165, 1.54) is 6.07 Å². The second-order valence-corrected chi connectivity index (χ2v) is 5.59. The third kappa shape index (κ3) is 2.77. The van der Waals surface area contributed by atoms with Gasteiger partial charge in [0.05, 0.1) is 28.1 Å². The van der Waals surface area contributed by atoms with E-state index in [0.717, 1.165) is 17.1 Å². The third-order valence-electron chi connectivity index (χ3n) is 2.93. The van der Waals surface area contributed by atoms with Gasteiger partial charge in [0.15, 0.2) is 0 Å². The highest BCUT2D eigenvalue weighted by Gasteiger charge is 2.13. The van der Waals surface area contributed by atoms with Crippen LogP contribution in [0.5, 0.6) is 0 Å². The zero-order valence-corrected chi connectivity index (χ0v) is 12.8. The van der Waals surface area contributed by atoms with Crippen LogP contribution < -0.4 is 5.32 Å². The van der Waals surface area contributed by atoms with Gasteiger partial charge < -0.3 is 10.3 Å². The van der Waals surface area contributed by atoms with E-state index in [-0.39, 0.29) is 10.9 Å². The number of nitrogens with one attached hydrogen (secondary N) is 2. The minimum Gasteiger partial charge on any atom is -0.345 e. The zero-order valence-electron chi connectivity index (χ0n) is 10.5. The molecule has 0 atom stereocenters. The summed E-state index contributed by atoms with van der Waals surface area (Å²) in [6.07, 6.45) is 1.56. The van der Waals surface area contributed by atoms with Crippen LogP contribution >= 0.6 is 27.5 Å². The van der Waals surface area contributed by atoms with Crippen LogP contribution in [0.25, 0.3) is 11.0 Å². The van der Waals surface area contributed by atoms with E-state index in [0.29, 0.717) is 15.7 Å². The lowest BCUT2D eigenvalue weighted by molar-refractivity contribution is 0.102. The molecule has 106 valence electrons. The lowest BCUT2D eigenvalue weighted by Crippen LogP contribution is -2.12. The van der Waals surface area contributed by atoms with Gasteiger partial charge in [-0.3, -0.25) is 4.79 Å². The van der Waals surface area contributed by atoms with Crippen LogP contribution in [0, 0.1) is 5.82 Å². The molecule has 0 aliphatic heterocycles. The van der Waals surface area contributed by atoms with Gasteiger partial charge in [0.1, 0.15) is 5.82 Å². The topological polar surface area (TPSA) is 57.8 Å². The first-order valence-electron chi connectivity index (χ1n) is 5.93. The van der Waals surface area contributed by atoms with Crippen molar-refractivity contribution < 1.29 is 9.18 Å². The Balaban J connectivity index is 1.92. The van der Waals surface area contributed by atoms with Crippen LogP contribution in [-0.4, -0.2) is 15.9 Å². The zero-order chi connectivity index (χ0) is 15.0. The number of amides is 1. The molecule has 1 amide bonds. The molecule has 0 fully saturated rings. The largest absolute Gasteiger partial charge is 0.345 e. The van der Waals surface area contributed by atoms with E-state index in [1.807, 2.05) is 0 Å². The Kier molecular flexibility index (Phi) is 3.65. The summed E-state index contributed by atoms with van der Waals surface area (Å²) in [5.41, 5.74) is 2.30. The average Bonchev–Trinajstić information content (AvgIpc) is 2.89. The van der Waals surface area contributed by atoms with Crippen LogP contribution in [0.1, 0.15) is 10.4 Å². The molecule has 0 saturated heterocycles. The molecule has 21 heavy (non-hydrogen) atoms.